The summed E-state index contributed by atoms with van der Waals surface area (Å²) in [5.41, 5.74) is 1.78. The maximum atomic E-state index is 12.5. The minimum absolute atomic E-state index is 0.0458. The van der Waals surface area contributed by atoms with Gasteiger partial charge in [0.1, 0.15) is 11.5 Å². The number of rotatable bonds is 4. The van der Waals surface area contributed by atoms with Gasteiger partial charge in [-0.3, -0.25) is 19.5 Å². The fraction of sp³-hybridized carbons (Fsp3) is 0.158. The van der Waals surface area contributed by atoms with Crippen molar-refractivity contribution in [3.05, 3.63) is 60.4 Å². The van der Waals surface area contributed by atoms with Crippen molar-refractivity contribution in [1.29, 1.82) is 0 Å². The molecule has 0 saturated heterocycles. The van der Waals surface area contributed by atoms with E-state index in [9.17, 15) is 13.2 Å². The van der Waals surface area contributed by atoms with E-state index in [1.165, 1.54) is 18.3 Å². The largest absolute Gasteiger partial charge is 0.321 e. The summed E-state index contributed by atoms with van der Waals surface area (Å²) in [7, 11) is -3.76. The summed E-state index contributed by atoms with van der Waals surface area (Å²) >= 11 is 0. The molecule has 0 radical (unpaired) electrons. The van der Waals surface area contributed by atoms with Gasteiger partial charge >= 0.3 is 0 Å². The molecule has 0 atom stereocenters. The molecule has 142 valence electrons. The van der Waals surface area contributed by atoms with Gasteiger partial charge in [0.2, 0.25) is 0 Å². The molecule has 8 nitrogen and oxygen atoms in total. The molecule has 2 heterocycles. The van der Waals surface area contributed by atoms with Crippen molar-refractivity contribution < 1.29 is 13.2 Å². The molecule has 2 N–H and O–H groups in total. The Balaban J connectivity index is 1.54. The summed E-state index contributed by atoms with van der Waals surface area (Å²) in [6, 6.07) is 13.3. The summed E-state index contributed by atoms with van der Waals surface area (Å²) < 4.78 is 27.5. The Bertz CT molecular complexity index is 1190. The predicted molar refractivity (Wildman–Crippen MR) is 106 cm³/mol. The molecule has 0 bridgehead atoms. The number of amidine groups is 1. The highest BCUT2D eigenvalue weighted by atomic mass is 32.2. The molecule has 2 aromatic carbocycles. The van der Waals surface area contributed by atoms with Crippen LogP contribution in [0.2, 0.25) is 0 Å². The number of amides is 1. The Kier molecular flexibility index (Phi) is 4.74. The van der Waals surface area contributed by atoms with Gasteiger partial charge < -0.3 is 5.32 Å². The van der Waals surface area contributed by atoms with Crippen LogP contribution < -0.4 is 10.0 Å². The number of hydrogen-bond donors (Lipinski definition) is 2. The first-order valence-electron chi connectivity index (χ1n) is 8.71. The van der Waals surface area contributed by atoms with E-state index in [2.05, 4.69) is 25.0 Å². The average Bonchev–Trinajstić information content (AvgIpc) is 3.20. The van der Waals surface area contributed by atoms with E-state index in [1.54, 1.807) is 24.3 Å². The zero-order chi connectivity index (χ0) is 19.6. The summed E-state index contributed by atoms with van der Waals surface area (Å²) in [5, 5.41) is 2.67. The molecule has 0 unspecified atom stereocenters. The molecule has 4 rings (SSSR count). The van der Waals surface area contributed by atoms with E-state index in [0.717, 1.165) is 6.42 Å². The van der Waals surface area contributed by atoms with E-state index >= 15 is 0 Å². The number of aliphatic imine (C=N–C) groups is 1. The van der Waals surface area contributed by atoms with Crippen LogP contribution in [0.5, 0.6) is 0 Å². The number of fused-ring (bicyclic) bond motifs is 1. The third kappa shape index (κ3) is 3.84. The first kappa shape index (κ1) is 18.1. The van der Waals surface area contributed by atoms with Crippen LogP contribution in [0.1, 0.15) is 23.3 Å². The molecular weight excluding hydrogens is 378 g/mol. The van der Waals surface area contributed by atoms with Gasteiger partial charge in [-0.05, 0) is 36.8 Å². The Morgan fingerprint density at radius 2 is 1.86 bits per heavy atom. The second kappa shape index (κ2) is 7.35. The topological polar surface area (TPSA) is 113 Å². The molecule has 0 fully saturated rings. The first-order valence-corrected chi connectivity index (χ1v) is 10.2. The highest BCUT2D eigenvalue weighted by Crippen LogP contribution is 2.17. The highest BCUT2D eigenvalue weighted by molar-refractivity contribution is 7.90. The molecule has 0 spiro atoms. The maximum Gasteiger partial charge on any atom is 0.275 e. The van der Waals surface area contributed by atoms with E-state index in [0.29, 0.717) is 35.5 Å². The molecule has 0 saturated carbocycles. The van der Waals surface area contributed by atoms with Crippen molar-refractivity contribution >= 4 is 38.5 Å². The molecule has 28 heavy (non-hydrogen) atoms. The number of nitrogens with zero attached hydrogens (tertiary/aromatic N) is 3. The van der Waals surface area contributed by atoms with Gasteiger partial charge in [-0.15, -0.1) is 0 Å². The summed E-state index contributed by atoms with van der Waals surface area (Å²) in [6.07, 6.45) is 2.83. The third-order valence-electron chi connectivity index (χ3n) is 4.21. The number of para-hydroxylation sites is 2. The summed E-state index contributed by atoms with van der Waals surface area (Å²) in [4.78, 5) is 25.2. The predicted octanol–water partition coefficient (Wildman–Crippen LogP) is 2.35. The Hall–Kier alpha value is -3.33. The first-order chi connectivity index (χ1) is 13.5. The van der Waals surface area contributed by atoms with Gasteiger partial charge in [-0.2, -0.15) is 0 Å². The van der Waals surface area contributed by atoms with Gasteiger partial charge in [-0.1, -0.05) is 18.2 Å². The molecule has 1 aliphatic heterocycles. The van der Waals surface area contributed by atoms with E-state index in [-0.39, 0.29) is 10.6 Å². The number of aromatic nitrogens is 2. The fourth-order valence-corrected chi connectivity index (χ4v) is 3.97. The van der Waals surface area contributed by atoms with Gasteiger partial charge in [0.15, 0.2) is 0 Å². The van der Waals surface area contributed by atoms with E-state index < -0.39 is 15.9 Å². The second-order valence-corrected chi connectivity index (χ2v) is 7.95. The maximum absolute atomic E-state index is 12.5. The van der Waals surface area contributed by atoms with Crippen LogP contribution in [0.25, 0.3) is 11.0 Å². The van der Waals surface area contributed by atoms with E-state index in [4.69, 9.17) is 0 Å². The van der Waals surface area contributed by atoms with Crippen LogP contribution in [0.3, 0.4) is 0 Å². The van der Waals surface area contributed by atoms with Gasteiger partial charge in [0.25, 0.3) is 15.9 Å². The van der Waals surface area contributed by atoms with Crippen molar-refractivity contribution in [2.24, 2.45) is 4.99 Å². The van der Waals surface area contributed by atoms with Gasteiger partial charge in [-0.25, -0.2) is 13.4 Å². The summed E-state index contributed by atoms with van der Waals surface area (Å²) in [6.45, 7) is 0.626. The lowest BCUT2D eigenvalue weighted by atomic mass is 10.3. The molecule has 3 aromatic rings. The number of sulfonamides is 1. The van der Waals surface area contributed by atoms with Crippen molar-refractivity contribution in [3.63, 3.8) is 0 Å². The molecule has 1 aromatic heterocycles. The van der Waals surface area contributed by atoms with Crippen molar-refractivity contribution in [2.75, 3.05) is 11.9 Å². The quantitative estimate of drug-likeness (QED) is 0.704. The lowest BCUT2D eigenvalue weighted by molar-refractivity contribution is 0.102. The van der Waals surface area contributed by atoms with Gasteiger partial charge in [0.05, 0.1) is 22.1 Å². The number of carbonyl (C=O) groups is 1. The Morgan fingerprint density at radius 3 is 2.64 bits per heavy atom. The van der Waals surface area contributed by atoms with Crippen LogP contribution in [0, 0.1) is 0 Å². The van der Waals surface area contributed by atoms with Crippen LogP contribution in [0.4, 0.5) is 5.69 Å². The number of hydrogen-bond acceptors (Lipinski definition) is 6. The highest BCUT2D eigenvalue weighted by Gasteiger charge is 2.19. The van der Waals surface area contributed by atoms with Crippen LogP contribution in [-0.2, 0) is 10.0 Å². The van der Waals surface area contributed by atoms with E-state index in [1.807, 2.05) is 12.1 Å². The molecule has 1 amide bonds. The number of anilines is 1. The number of nitrogens with one attached hydrogen (secondary N) is 2. The Morgan fingerprint density at radius 1 is 1.04 bits per heavy atom. The lowest BCUT2D eigenvalue weighted by Crippen LogP contribution is -2.29. The molecule has 1 aliphatic rings. The monoisotopic (exact) mass is 395 g/mol. The molecule has 0 aliphatic carbocycles. The number of carbonyl (C=O) groups excluding carboxylic acids is 1. The smallest absolute Gasteiger partial charge is 0.275 e. The van der Waals surface area contributed by atoms with Crippen molar-refractivity contribution in [1.82, 2.24) is 14.7 Å². The minimum Gasteiger partial charge on any atom is -0.321 e. The zero-order valence-electron chi connectivity index (χ0n) is 14.8. The van der Waals surface area contributed by atoms with Crippen molar-refractivity contribution in [3.8, 4) is 0 Å². The van der Waals surface area contributed by atoms with Gasteiger partial charge in [0, 0.05) is 18.7 Å². The SMILES string of the molecule is O=C(Nc1cccc(S(=O)(=O)NC2=NCCC2)c1)c1cnc2ccccc2n1. The molecule has 9 heteroatoms. The number of benzene rings is 2. The third-order valence-corrected chi connectivity index (χ3v) is 5.59. The molecular formula is C19H17N5O3S. The van der Waals surface area contributed by atoms with Crippen LogP contribution >= 0.6 is 0 Å². The summed E-state index contributed by atoms with van der Waals surface area (Å²) in [5.74, 6) is -0.0122. The fourth-order valence-electron chi connectivity index (χ4n) is 2.84. The second-order valence-electron chi connectivity index (χ2n) is 6.26. The minimum atomic E-state index is -3.76. The zero-order valence-corrected chi connectivity index (χ0v) is 15.6. The van der Waals surface area contributed by atoms with Crippen molar-refractivity contribution in [2.45, 2.75) is 17.7 Å². The Labute approximate surface area is 161 Å². The van der Waals surface area contributed by atoms with Crippen LogP contribution in [0.15, 0.2) is 64.6 Å². The average molecular weight is 395 g/mol. The van der Waals surface area contributed by atoms with Crippen LogP contribution in [-0.4, -0.2) is 36.7 Å². The lowest BCUT2D eigenvalue weighted by Gasteiger charge is -2.10. The normalized spacial score (nSPS) is 13.9. The standard InChI is InChI=1S/C19H17N5O3S/c25-19(17-12-21-15-7-1-2-8-16(15)23-17)22-13-5-3-6-14(11-13)28(26,27)24-18-9-4-10-20-18/h1-3,5-8,11-12H,4,9-10H2,(H,20,24)(H,22,25).